The SMILES string of the molecule is CNc1cc(Nc2c(F)cc(Br)cc2F)ncn1. The molecule has 1 aromatic heterocycles. The quantitative estimate of drug-likeness (QED) is 0.912. The topological polar surface area (TPSA) is 49.8 Å². The zero-order chi connectivity index (χ0) is 13.1. The van der Waals surface area contributed by atoms with E-state index in [4.69, 9.17) is 0 Å². The molecule has 0 aliphatic rings. The number of benzene rings is 1. The van der Waals surface area contributed by atoms with E-state index in [0.29, 0.717) is 16.1 Å². The van der Waals surface area contributed by atoms with Gasteiger partial charge in [-0.1, -0.05) is 15.9 Å². The number of nitrogens with one attached hydrogen (secondary N) is 2. The lowest BCUT2D eigenvalue weighted by atomic mass is 10.3. The number of anilines is 3. The van der Waals surface area contributed by atoms with E-state index in [2.05, 4.69) is 36.5 Å². The van der Waals surface area contributed by atoms with Crippen molar-refractivity contribution >= 4 is 33.3 Å². The van der Waals surface area contributed by atoms with Crippen LogP contribution in [0, 0.1) is 11.6 Å². The van der Waals surface area contributed by atoms with Gasteiger partial charge in [0.15, 0.2) is 11.6 Å². The van der Waals surface area contributed by atoms with Gasteiger partial charge in [0.1, 0.15) is 23.7 Å². The van der Waals surface area contributed by atoms with Gasteiger partial charge in [-0.05, 0) is 12.1 Å². The predicted octanol–water partition coefficient (Wildman–Crippen LogP) is 3.30. The molecule has 0 bridgehead atoms. The van der Waals surface area contributed by atoms with Crippen LogP contribution in [0.1, 0.15) is 0 Å². The molecule has 0 aliphatic carbocycles. The van der Waals surface area contributed by atoms with Gasteiger partial charge in [-0.15, -0.1) is 0 Å². The smallest absolute Gasteiger partial charge is 0.150 e. The summed E-state index contributed by atoms with van der Waals surface area (Å²) in [6.45, 7) is 0. The van der Waals surface area contributed by atoms with Crippen molar-refractivity contribution in [3.63, 3.8) is 0 Å². The third kappa shape index (κ3) is 2.73. The lowest BCUT2D eigenvalue weighted by Gasteiger charge is -2.09. The van der Waals surface area contributed by atoms with Crippen LogP contribution in [0.5, 0.6) is 0 Å². The van der Waals surface area contributed by atoms with Gasteiger partial charge >= 0.3 is 0 Å². The third-order valence-corrected chi connectivity index (χ3v) is 2.64. The van der Waals surface area contributed by atoms with Crippen LogP contribution in [0.4, 0.5) is 26.1 Å². The molecule has 7 heteroatoms. The molecule has 2 aromatic rings. The summed E-state index contributed by atoms with van der Waals surface area (Å²) in [5.74, 6) is -0.558. The van der Waals surface area contributed by atoms with Crippen molar-refractivity contribution in [3.8, 4) is 0 Å². The van der Waals surface area contributed by atoms with E-state index in [0.717, 1.165) is 0 Å². The normalized spacial score (nSPS) is 10.2. The Morgan fingerprint density at radius 3 is 2.28 bits per heavy atom. The second-order valence-electron chi connectivity index (χ2n) is 3.41. The van der Waals surface area contributed by atoms with E-state index >= 15 is 0 Å². The Bertz CT molecular complexity index is 554. The van der Waals surface area contributed by atoms with Crippen LogP contribution in [-0.4, -0.2) is 17.0 Å². The second-order valence-corrected chi connectivity index (χ2v) is 4.32. The van der Waals surface area contributed by atoms with Crippen LogP contribution in [0.3, 0.4) is 0 Å². The molecule has 0 radical (unpaired) electrons. The Hall–Kier alpha value is -1.76. The maximum absolute atomic E-state index is 13.6. The molecular formula is C11H9BrF2N4. The third-order valence-electron chi connectivity index (χ3n) is 2.18. The summed E-state index contributed by atoms with van der Waals surface area (Å²) in [5.41, 5.74) is -0.251. The number of hydrogen-bond acceptors (Lipinski definition) is 4. The van der Waals surface area contributed by atoms with Gasteiger partial charge < -0.3 is 10.6 Å². The Morgan fingerprint density at radius 2 is 1.67 bits per heavy atom. The van der Waals surface area contributed by atoms with Gasteiger partial charge in [-0.3, -0.25) is 0 Å². The van der Waals surface area contributed by atoms with Crippen molar-refractivity contribution < 1.29 is 8.78 Å². The molecule has 94 valence electrons. The van der Waals surface area contributed by atoms with Crippen LogP contribution < -0.4 is 10.6 Å². The predicted molar refractivity (Wildman–Crippen MR) is 68.9 cm³/mol. The molecule has 0 aliphatic heterocycles. The highest BCUT2D eigenvalue weighted by atomic mass is 79.9. The highest BCUT2D eigenvalue weighted by Gasteiger charge is 2.11. The molecule has 0 fully saturated rings. The molecule has 0 saturated heterocycles. The Labute approximate surface area is 111 Å². The summed E-state index contributed by atoms with van der Waals surface area (Å²) >= 11 is 3.01. The molecular weight excluding hydrogens is 306 g/mol. The van der Waals surface area contributed by atoms with Gasteiger partial charge in [0.25, 0.3) is 0 Å². The van der Waals surface area contributed by atoms with Crippen LogP contribution >= 0.6 is 15.9 Å². The van der Waals surface area contributed by atoms with Crippen molar-refractivity contribution in [1.82, 2.24) is 9.97 Å². The van der Waals surface area contributed by atoms with Crippen molar-refractivity contribution in [3.05, 3.63) is 40.6 Å². The van der Waals surface area contributed by atoms with Crippen molar-refractivity contribution in [1.29, 1.82) is 0 Å². The second kappa shape index (κ2) is 5.26. The molecule has 4 nitrogen and oxygen atoms in total. The van der Waals surface area contributed by atoms with Crippen molar-refractivity contribution in [2.24, 2.45) is 0 Å². The Balaban J connectivity index is 2.33. The minimum atomic E-state index is -0.702. The van der Waals surface area contributed by atoms with Gasteiger partial charge in [-0.25, -0.2) is 18.7 Å². The number of halogens is 3. The van der Waals surface area contributed by atoms with Crippen LogP contribution in [-0.2, 0) is 0 Å². The molecule has 0 atom stereocenters. The van der Waals surface area contributed by atoms with Gasteiger partial charge in [0.2, 0.25) is 0 Å². The molecule has 2 N–H and O–H groups in total. The van der Waals surface area contributed by atoms with Gasteiger partial charge in [0.05, 0.1) is 0 Å². The fourth-order valence-electron chi connectivity index (χ4n) is 1.35. The summed E-state index contributed by atoms with van der Waals surface area (Å²) in [7, 11) is 1.69. The van der Waals surface area contributed by atoms with E-state index in [-0.39, 0.29) is 5.69 Å². The molecule has 1 heterocycles. The van der Waals surface area contributed by atoms with Gasteiger partial charge in [-0.2, -0.15) is 0 Å². The van der Waals surface area contributed by atoms with E-state index in [9.17, 15) is 8.78 Å². The van der Waals surface area contributed by atoms with Crippen LogP contribution in [0.25, 0.3) is 0 Å². The lowest BCUT2D eigenvalue weighted by Crippen LogP contribution is -2.01. The van der Waals surface area contributed by atoms with Crippen LogP contribution in [0.15, 0.2) is 29.0 Å². The average Bonchev–Trinajstić information content (AvgIpc) is 2.34. The summed E-state index contributed by atoms with van der Waals surface area (Å²) in [5, 5.41) is 5.39. The maximum atomic E-state index is 13.6. The lowest BCUT2D eigenvalue weighted by molar-refractivity contribution is 0.589. The Kier molecular flexibility index (Phi) is 3.71. The summed E-state index contributed by atoms with van der Waals surface area (Å²) < 4.78 is 27.5. The molecule has 1 aromatic carbocycles. The van der Waals surface area contributed by atoms with E-state index in [1.165, 1.54) is 18.5 Å². The summed E-state index contributed by atoms with van der Waals surface area (Å²) in [6, 6.07) is 3.89. The summed E-state index contributed by atoms with van der Waals surface area (Å²) in [4.78, 5) is 7.78. The molecule has 0 unspecified atom stereocenters. The fraction of sp³-hybridized carbons (Fsp3) is 0.0909. The number of nitrogens with zero attached hydrogens (tertiary/aromatic N) is 2. The summed E-state index contributed by atoms with van der Waals surface area (Å²) in [6.07, 6.45) is 1.29. The molecule has 0 spiro atoms. The largest absolute Gasteiger partial charge is 0.373 e. The average molecular weight is 315 g/mol. The highest BCUT2D eigenvalue weighted by molar-refractivity contribution is 9.10. The first-order valence-electron chi connectivity index (χ1n) is 5.01. The molecule has 0 saturated carbocycles. The molecule has 0 amide bonds. The number of aromatic nitrogens is 2. The first-order valence-corrected chi connectivity index (χ1v) is 5.81. The zero-order valence-electron chi connectivity index (χ0n) is 9.34. The minimum Gasteiger partial charge on any atom is -0.373 e. The molecule has 2 rings (SSSR count). The van der Waals surface area contributed by atoms with Crippen molar-refractivity contribution in [2.45, 2.75) is 0 Å². The minimum absolute atomic E-state index is 0.251. The maximum Gasteiger partial charge on any atom is 0.150 e. The van der Waals surface area contributed by atoms with E-state index in [1.807, 2.05) is 0 Å². The Morgan fingerprint density at radius 1 is 1.06 bits per heavy atom. The fourth-order valence-corrected chi connectivity index (χ4v) is 1.75. The standard InChI is InChI=1S/C11H9BrF2N4/c1-15-9-4-10(17-5-16-9)18-11-7(13)2-6(12)3-8(11)14/h2-5H,1H3,(H2,15,16,17,18). The number of rotatable bonds is 3. The zero-order valence-corrected chi connectivity index (χ0v) is 10.9. The first-order chi connectivity index (χ1) is 8.60. The highest BCUT2D eigenvalue weighted by Crippen LogP contribution is 2.26. The van der Waals surface area contributed by atoms with E-state index in [1.54, 1.807) is 13.1 Å². The molecule has 18 heavy (non-hydrogen) atoms. The van der Waals surface area contributed by atoms with E-state index < -0.39 is 11.6 Å². The monoisotopic (exact) mass is 314 g/mol. The van der Waals surface area contributed by atoms with Crippen LogP contribution in [0.2, 0.25) is 0 Å². The van der Waals surface area contributed by atoms with Crippen molar-refractivity contribution in [2.75, 3.05) is 17.7 Å². The van der Waals surface area contributed by atoms with Gasteiger partial charge in [0, 0.05) is 17.6 Å². The first kappa shape index (κ1) is 12.7. The number of hydrogen-bond donors (Lipinski definition) is 2.